The molecule has 0 aliphatic carbocycles. The van der Waals surface area contributed by atoms with Gasteiger partial charge in [-0.05, 0) is 48.9 Å². The van der Waals surface area contributed by atoms with Gasteiger partial charge in [0.15, 0.2) is 5.78 Å². The number of halogens is 1. The molecule has 0 saturated carbocycles. The van der Waals surface area contributed by atoms with Crippen LogP contribution in [0.4, 0.5) is 10.1 Å². The Morgan fingerprint density at radius 1 is 0.889 bits per heavy atom. The lowest BCUT2D eigenvalue weighted by Gasteiger charge is -2.18. The third-order valence-corrected chi connectivity index (χ3v) is 5.41. The van der Waals surface area contributed by atoms with E-state index in [1.54, 1.807) is 12.1 Å². The summed E-state index contributed by atoms with van der Waals surface area (Å²) in [5.74, 6) is -0.278. The van der Waals surface area contributed by atoms with Crippen molar-refractivity contribution in [3.05, 3.63) is 101 Å². The van der Waals surface area contributed by atoms with Gasteiger partial charge in [-0.3, -0.25) is 4.79 Å². The van der Waals surface area contributed by atoms with Crippen molar-refractivity contribution in [3.63, 3.8) is 0 Å². The van der Waals surface area contributed by atoms with Crippen LogP contribution >= 0.6 is 0 Å². The van der Waals surface area contributed by atoms with E-state index in [0.717, 1.165) is 12.2 Å². The molecule has 1 aliphatic heterocycles. The van der Waals surface area contributed by atoms with Gasteiger partial charge in [0, 0.05) is 36.2 Å². The maximum atomic E-state index is 13.3. The minimum atomic E-state index is -0.320. The fraction of sp³-hybridized carbons (Fsp3) is 0.208. The van der Waals surface area contributed by atoms with E-state index < -0.39 is 0 Å². The van der Waals surface area contributed by atoms with Crippen molar-refractivity contribution in [3.8, 4) is 0 Å². The molecule has 0 bridgehead atoms. The quantitative estimate of drug-likeness (QED) is 0.594. The molecular weight excluding hydrogens is 337 g/mol. The highest BCUT2D eigenvalue weighted by Crippen LogP contribution is 2.37. The van der Waals surface area contributed by atoms with Gasteiger partial charge in [0.2, 0.25) is 0 Å². The normalized spacial score (nSPS) is 19.3. The Labute approximate surface area is 159 Å². The van der Waals surface area contributed by atoms with Crippen LogP contribution in [0.5, 0.6) is 0 Å². The summed E-state index contributed by atoms with van der Waals surface area (Å²) >= 11 is 0. The fourth-order valence-corrected chi connectivity index (χ4v) is 3.90. The van der Waals surface area contributed by atoms with E-state index in [4.69, 9.17) is 0 Å². The molecule has 2 nitrogen and oxygen atoms in total. The largest absolute Gasteiger partial charge is 0.370 e. The number of carbonyl (C=O) groups is 1. The van der Waals surface area contributed by atoms with Gasteiger partial charge in [0.25, 0.3) is 0 Å². The minimum absolute atomic E-state index is 0.0824. The molecule has 27 heavy (non-hydrogen) atoms. The van der Waals surface area contributed by atoms with Crippen LogP contribution in [0.3, 0.4) is 0 Å². The molecule has 3 aromatic rings. The van der Waals surface area contributed by atoms with E-state index in [1.807, 2.05) is 18.2 Å². The van der Waals surface area contributed by atoms with Gasteiger partial charge in [0.05, 0.1) is 0 Å². The molecule has 1 heterocycles. The highest BCUT2D eigenvalue weighted by atomic mass is 19.1. The summed E-state index contributed by atoms with van der Waals surface area (Å²) in [6.45, 7) is 3.53. The lowest BCUT2D eigenvalue weighted by atomic mass is 9.83. The van der Waals surface area contributed by atoms with Crippen LogP contribution in [0.2, 0.25) is 0 Å². The number of benzene rings is 3. The Morgan fingerprint density at radius 2 is 1.56 bits per heavy atom. The molecule has 136 valence electrons. The summed E-state index contributed by atoms with van der Waals surface area (Å²) in [5.41, 5.74) is 4.09. The highest BCUT2D eigenvalue weighted by Gasteiger charge is 2.38. The van der Waals surface area contributed by atoms with Crippen molar-refractivity contribution in [2.24, 2.45) is 5.92 Å². The average molecular weight is 359 g/mol. The second-order valence-corrected chi connectivity index (χ2v) is 7.24. The first-order chi connectivity index (χ1) is 13.1. The number of nitrogens with zero attached hydrogens (tertiary/aromatic N) is 1. The average Bonchev–Trinajstić information content (AvgIpc) is 3.15. The van der Waals surface area contributed by atoms with Crippen LogP contribution in [0.1, 0.15) is 27.4 Å². The number of anilines is 1. The fourth-order valence-electron chi connectivity index (χ4n) is 3.90. The smallest absolute Gasteiger partial charge is 0.168 e. The summed E-state index contributed by atoms with van der Waals surface area (Å²) in [4.78, 5) is 15.5. The van der Waals surface area contributed by atoms with Crippen molar-refractivity contribution in [1.29, 1.82) is 0 Å². The molecule has 3 heteroatoms. The summed E-state index contributed by atoms with van der Waals surface area (Å²) in [7, 11) is 0. The number of ketones is 1. The van der Waals surface area contributed by atoms with Crippen LogP contribution in [0, 0.1) is 18.7 Å². The predicted octanol–water partition coefficient (Wildman–Crippen LogP) is 5.24. The molecule has 1 fully saturated rings. The Kier molecular flexibility index (Phi) is 4.76. The maximum absolute atomic E-state index is 13.3. The molecule has 1 aliphatic rings. The van der Waals surface area contributed by atoms with Gasteiger partial charge >= 0.3 is 0 Å². The van der Waals surface area contributed by atoms with E-state index >= 15 is 0 Å². The number of carbonyl (C=O) groups excluding carboxylic acids is 1. The molecule has 1 saturated heterocycles. The monoisotopic (exact) mass is 359 g/mol. The van der Waals surface area contributed by atoms with E-state index in [-0.39, 0.29) is 23.4 Å². The first kappa shape index (κ1) is 17.5. The third-order valence-electron chi connectivity index (χ3n) is 5.41. The minimum Gasteiger partial charge on any atom is -0.370 e. The number of Topliss-reactive ketones (excluding diaryl/α,β-unsaturated/α-hetero) is 1. The molecule has 0 unspecified atom stereocenters. The Morgan fingerprint density at radius 3 is 2.22 bits per heavy atom. The topological polar surface area (TPSA) is 20.3 Å². The maximum Gasteiger partial charge on any atom is 0.168 e. The SMILES string of the molecule is Cc1ccc([C@H]2CN(c3ccccc3)C[C@H]2C(=O)c2ccc(F)cc2)cc1. The van der Waals surface area contributed by atoms with Crippen molar-refractivity contribution in [1.82, 2.24) is 0 Å². The van der Waals surface area contributed by atoms with Crippen molar-refractivity contribution in [2.75, 3.05) is 18.0 Å². The van der Waals surface area contributed by atoms with E-state index in [2.05, 4.69) is 48.2 Å². The molecule has 0 spiro atoms. The Balaban J connectivity index is 1.67. The van der Waals surface area contributed by atoms with Crippen molar-refractivity contribution >= 4 is 11.5 Å². The summed E-state index contributed by atoms with van der Waals surface area (Å²) in [5, 5.41) is 0. The molecule has 3 aromatic carbocycles. The molecule has 4 rings (SSSR count). The number of rotatable bonds is 4. The van der Waals surface area contributed by atoms with E-state index in [0.29, 0.717) is 12.1 Å². The Hall–Kier alpha value is -2.94. The first-order valence-electron chi connectivity index (χ1n) is 9.28. The van der Waals surface area contributed by atoms with Crippen LogP contribution in [0.15, 0.2) is 78.9 Å². The zero-order chi connectivity index (χ0) is 18.8. The summed E-state index contributed by atoms with van der Waals surface area (Å²) < 4.78 is 13.3. The van der Waals surface area contributed by atoms with Crippen LogP contribution in [-0.2, 0) is 0 Å². The second-order valence-electron chi connectivity index (χ2n) is 7.24. The lowest BCUT2D eigenvalue weighted by Crippen LogP contribution is -2.23. The van der Waals surface area contributed by atoms with E-state index in [9.17, 15) is 9.18 Å². The zero-order valence-corrected chi connectivity index (χ0v) is 15.3. The van der Waals surface area contributed by atoms with Gasteiger partial charge in [0.1, 0.15) is 5.82 Å². The Bertz CT molecular complexity index is 919. The molecule has 0 N–H and O–H groups in total. The third kappa shape index (κ3) is 3.63. The zero-order valence-electron chi connectivity index (χ0n) is 15.3. The van der Waals surface area contributed by atoms with Gasteiger partial charge in [-0.2, -0.15) is 0 Å². The standard InChI is InChI=1S/C24H22FNO/c1-17-7-9-18(10-8-17)22-15-26(21-5-3-2-4-6-21)16-23(22)24(27)19-11-13-20(25)14-12-19/h2-14,22-23H,15-16H2,1H3/t22-,23-/m1/s1. The molecular formula is C24H22FNO. The summed E-state index contributed by atoms with van der Waals surface area (Å²) in [6, 6.07) is 24.5. The molecule has 0 radical (unpaired) electrons. The summed E-state index contributed by atoms with van der Waals surface area (Å²) in [6.07, 6.45) is 0. The van der Waals surface area contributed by atoms with Gasteiger partial charge in [-0.1, -0.05) is 48.0 Å². The number of aryl methyl sites for hydroxylation is 1. The van der Waals surface area contributed by atoms with Crippen LogP contribution < -0.4 is 4.90 Å². The lowest BCUT2D eigenvalue weighted by molar-refractivity contribution is 0.0921. The highest BCUT2D eigenvalue weighted by molar-refractivity contribution is 5.99. The second kappa shape index (κ2) is 7.36. The number of hydrogen-bond donors (Lipinski definition) is 0. The predicted molar refractivity (Wildman–Crippen MR) is 107 cm³/mol. The van der Waals surface area contributed by atoms with Gasteiger partial charge in [-0.15, -0.1) is 0 Å². The first-order valence-corrected chi connectivity index (χ1v) is 9.28. The van der Waals surface area contributed by atoms with Crippen molar-refractivity contribution < 1.29 is 9.18 Å². The van der Waals surface area contributed by atoms with Crippen LogP contribution in [-0.4, -0.2) is 18.9 Å². The molecule has 2 atom stereocenters. The van der Waals surface area contributed by atoms with Crippen molar-refractivity contribution in [2.45, 2.75) is 12.8 Å². The van der Waals surface area contributed by atoms with Gasteiger partial charge < -0.3 is 4.90 Å². The number of para-hydroxylation sites is 1. The molecule has 0 aromatic heterocycles. The van der Waals surface area contributed by atoms with E-state index in [1.165, 1.54) is 23.3 Å². The number of hydrogen-bond acceptors (Lipinski definition) is 2. The van der Waals surface area contributed by atoms with Crippen LogP contribution in [0.25, 0.3) is 0 Å². The van der Waals surface area contributed by atoms with Gasteiger partial charge in [-0.25, -0.2) is 4.39 Å². The molecule has 0 amide bonds.